The standard InChI is InChI=1S/C10H6F3NO/c11-9(15)10(12,13)8(6-14)7-4-2-1-3-5-7/h1-5,8H/t8-/m0/s1. The summed E-state index contributed by atoms with van der Waals surface area (Å²) >= 11 is 0. The van der Waals surface area contributed by atoms with E-state index in [4.69, 9.17) is 5.26 Å². The zero-order chi connectivity index (χ0) is 11.5. The summed E-state index contributed by atoms with van der Waals surface area (Å²) in [7, 11) is 0. The molecule has 0 heterocycles. The summed E-state index contributed by atoms with van der Waals surface area (Å²) in [5, 5.41) is 8.52. The highest BCUT2D eigenvalue weighted by molar-refractivity contribution is 5.78. The molecule has 0 spiro atoms. The van der Waals surface area contributed by atoms with Crippen molar-refractivity contribution in [2.75, 3.05) is 0 Å². The third-order valence-electron chi connectivity index (χ3n) is 1.89. The van der Waals surface area contributed by atoms with Crippen LogP contribution in [-0.2, 0) is 4.79 Å². The Balaban J connectivity index is 3.12. The monoisotopic (exact) mass is 213 g/mol. The average Bonchev–Trinajstić information content (AvgIpc) is 2.19. The van der Waals surface area contributed by atoms with E-state index in [9.17, 15) is 18.0 Å². The van der Waals surface area contributed by atoms with Gasteiger partial charge in [-0.3, -0.25) is 4.79 Å². The summed E-state index contributed by atoms with van der Waals surface area (Å²) in [6.45, 7) is 0. The lowest BCUT2D eigenvalue weighted by atomic mass is 9.94. The van der Waals surface area contributed by atoms with Crippen molar-refractivity contribution in [2.45, 2.75) is 11.8 Å². The van der Waals surface area contributed by atoms with E-state index in [-0.39, 0.29) is 5.56 Å². The van der Waals surface area contributed by atoms with Crippen LogP contribution in [0.5, 0.6) is 0 Å². The Morgan fingerprint density at radius 3 is 2.27 bits per heavy atom. The van der Waals surface area contributed by atoms with E-state index in [2.05, 4.69) is 0 Å². The number of nitriles is 1. The van der Waals surface area contributed by atoms with Crippen molar-refractivity contribution in [3.63, 3.8) is 0 Å². The molecule has 0 saturated heterocycles. The van der Waals surface area contributed by atoms with E-state index in [0.717, 1.165) is 0 Å². The number of benzene rings is 1. The molecule has 0 aliphatic heterocycles. The summed E-state index contributed by atoms with van der Waals surface area (Å²) in [5.74, 6) is -6.38. The van der Waals surface area contributed by atoms with Crippen LogP contribution in [-0.4, -0.2) is 12.0 Å². The Kier molecular flexibility index (Phi) is 3.10. The molecule has 1 rings (SSSR count). The van der Waals surface area contributed by atoms with E-state index in [1.165, 1.54) is 30.3 Å². The van der Waals surface area contributed by atoms with Crippen molar-refractivity contribution in [3.05, 3.63) is 35.9 Å². The zero-order valence-electron chi connectivity index (χ0n) is 7.45. The highest BCUT2D eigenvalue weighted by Crippen LogP contribution is 2.34. The van der Waals surface area contributed by atoms with E-state index in [1.54, 1.807) is 6.07 Å². The second kappa shape index (κ2) is 4.13. The molecule has 1 aromatic carbocycles. The largest absolute Gasteiger partial charge is 0.372 e. The van der Waals surface area contributed by atoms with Crippen molar-refractivity contribution in [2.24, 2.45) is 0 Å². The van der Waals surface area contributed by atoms with Crippen LogP contribution in [0.25, 0.3) is 0 Å². The molecule has 15 heavy (non-hydrogen) atoms. The van der Waals surface area contributed by atoms with Gasteiger partial charge in [0.1, 0.15) is 5.92 Å². The lowest BCUT2D eigenvalue weighted by molar-refractivity contribution is -0.157. The topological polar surface area (TPSA) is 40.9 Å². The normalized spacial score (nSPS) is 12.9. The van der Waals surface area contributed by atoms with Crippen molar-refractivity contribution >= 4 is 6.04 Å². The first-order chi connectivity index (χ1) is 7.00. The second-order valence-corrected chi connectivity index (χ2v) is 2.87. The van der Waals surface area contributed by atoms with Crippen LogP contribution in [0.3, 0.4) is 0 Å². The highest BCUT2D eigenvalue weighted by atomic mass is 19.3. The van der Waals surface area contributed by atoms with Gasteiger partial charge in [0.15, 0.2) is 0 Å². The predicted molar refractivity (Wildman–Crippen MR) is 45.9 cm³/mol. The first-order valence-electron chi connectivity index (χ1n) is 4.02. The van der Waals surface area contributed by atoms with Crippen LogP contribution in [0.2, 0.25) is 0 Å². The zero-order valence-corrected chi connectivity index (χ0v) is 7.45. The summed E-state index contributed by atoms with van der Waals surface area (Å²) in [6.07, 6.45) is 0. The van der Waals surface area contributed by atoms with Crippen molar-refractivity contribution in [3.8, 4) is 6.07 Å². The van der Waals surface area contributed by atoms with Gasteiger partial charge in [-0.2, -0.15) is 18.4 Å². The maximum absolute atomic E-state index is 12.9. The number of alkyl halides is 2. The molecule has 0 N–H and O–H groups in total. The minimum Gasteiger partial charge on any atom is -0.254 e. The van der Waals surface area contributed by atoms with Crippen LogP contribution in [0.4, 0.5) is 13.2 Å². The Morgan fingerprint density at radius 1 is 1.33 bits per heavy atom. The van der Waals surface area contributed by atoms with Crippen LogP contribution in [0, 0.1) is 11.3 Å². The number of rotatable bonds is 3. The fourth-order valence-corrected chi connectivity index (χ4v) is 1.12. The molecule has 1 aromatic rings. The minimum absolute atomic E-state index is 0.0870. The van der Waals surface area contributed by atoms with E-state index in [1.807, 2.05) is 0 Å². The van der Waals surface area contributed by atoms with Gasteiger partial charge in [0.05, 0.1) is 6.07 Å². The number of carbonyl (C=O) groups excluding carboxylic acids is 1. The van der Waals surface area contributed by atoms with Gasteiger partial charge in [-0.25, -0.2) is 0 Å². The number of halogens is 3. The highest BCUT2D eigenvalue weighted by Gasteiger charge is 2.49. The molecule has 0 unspecified atom stereocenters. The molecule has 0 fully saturated rings. The molecule has 2 nitrogen and oxygen atoms in total. The Morgan fingerprint density at radius 2 is 1.87 bits per heavy atom. The lowest BCUT2D eigenvalue weighted by Gasteiger charge is -2.16. The number of hydrogen-bond donors (Lipinski definition) is 0. The molecule has 0 saturated carbocycles. The maximum atomic E-state index is 12.9. The Hall–Kier alpha value is -1.83. The van der Waals surface area contributed by atoms with Gasteiger partial charge in [-0.15, -0.1) is 0 Å². The van der Waals surface area contributed by atoms with Gasteiger partial charge in [-0.1, -0.05) is 30.3 Å². The SMILES string of the molecule is N#C[C@@H](c1ccccc1)C(F)(F)C(=O)F. The molecule has 1 atom stereocenters. The van der Waals surface area contributed by atoms with Crippen LogP contribution >= 0.6 is 0 Å². The van der Waals surface area contributed by atoms with Gasteiger partial charge < -0.3 is 0 Å². The van der Waals surface area contributed by atoms with E-state index in [0.29, 0.717) is 0 Å². The first kappa shape index (κ1) is 11.2. The maximum Gasteiger partial charge on any atom is 0.372 e. The third-order valence-corrected chi connectivity index (χ3v) is 1.89. The van der Waals surface area contributed by atoms with Crippen molar-refractivity contribution in [1.82, 2.24) is 0 Å². The second-order valence-electron chi connectivity index (χ2n) is 2.87. The smallest absolute Gasteiger partial charge is 0.254 e. The predicted octanol–water partition coefficient (Wildman–Crippen LogP) is 2.43. The molecule has 0 amide bonds. The Bertz CT molecular complexity index is 397. The van der Waals surface area contributed by atoms with Crippen molar-refractivity contribution in [1.29, 1.82) is 5.26 Å². The quantitative estimate of drug-likeness (QED) is 0.723. The van der Waals surface area contributed by atoms with Crippen LogP contribution in [0.15, 0.2) is 30.3 Å². The van der Waals surface area contributed by atoms with Gasteiger partial charge in [0, 0.05) is 0 Å². The molecule has 78 valence electrons. The van der Waals surface area contributed by atoms with Crippen molar-refractivity contribution < 1.29 is 18.0 Å². The molecule has 0 aliphatic carbocycles. The molecule has 0 aliphatic rings. The lowest BCUT2D eigenvalue weighted by Crippen LogP contribution is -2.32. The fourth-order valence-electron chi connectivity index (χ4n) is 1.12. The van der Waals surface area contributed by atoms with Gasteiger partial charge in [0.25, 0.3) is 0 Å². The summed E-state index contributed by atoms with van der Waals surface area (Å²) in [4.78, 5) is 10.1. The molecule has 5 heteroatoms. The minimum atomic E-state index is -4.30. The summed E-state index contributed by atoms with van der Waals surface area (Å²) in [6, 6.07) is 5.34. The molecule has 0 radical (unpaired) electrons. The number of hydrogen-bond acceptors (Lipinski definition) is 2. The molecular weight excluding hydrogens is 207 g/mol. The summed E-state index contributed by atoms with van der Waals surface area (Å²) in [5.41, 5.74) is -0.0870. The average molecular weight is 213 g/mol. The van der Waals surface area contributed by atoms with Gasteiger partial charge in [0.2, 0.25) is 0 Å². The molecule has 0 bridgehead atoms. The summed E-state index contributed by atoms with van der Waals surface area (Å²) < 4.78 is 38.0. The fraction of sp³-hybridized carbons (Fsp3) is 0.200. The molecule has 0 aromatic heterocycles. The van der Waals surface area contributed by atoms with E-state index < -0.39 is 17.9 Å². The molecular formula is C10H6F3NO. The number of nitrogens with zero attached hydrogens (tertiary/aromatic N) is 1. The third kappa shape index (κ3) is 2.15. The van der Waals surface area contributed by atoms with Gasteiger partial charge in [-0.05, 0) is 5.56 Å². The van der Waals surface area contributed by atoms with Gasteiger partial charge >= 0.3 is 12.0 Å². The van der Waals surface area contributed by atoms with Crippen LogP contribution < -0.4 is 0 Å². The first-order valence-corrected chi connectivity index (χ1v) is 4.02. The number of carbonyl (C=O) groups is 1. The van der Waals surface area contributed by atoms with Crippen LogP contribution in [0.1, 0.15) is 11.5 Å². The van der Waals surface area contributed by atoms with E-state index >= 15 is 0 Å². The Labute approximate surface area is 83.9 Å².